The quantitative estimate of drug-likeness (QED) is 0.850. The number of carbonyl (C=O) groups is 1. The molecule has 0 aromatic heterocycles. The number of rotatable bonds is 3. The van der Waals surface area contributed by atoms with Crippen LogP contribution < -0.4 is 0 Å². The van der Waals surface area contributed by atoms with Crippen LogP contribution in [0.25, 0.3) is 11.1 Å². The molecule has 0 radical (unpaired) electrons. The third kappa shape index (κ3) is 4.33. The minimum Gasteiger partial charge on any atom is -0.456 e. The van der Waals surface area contributed by atoms with Crippen LogP contribution in [-0.2, 0) is 11.3 Å². The van der Waals surface area contributed by atoms with E-state index in [2.05, 4.69) is 0 Å². The zero-order chi connectivity index (χ0) is 16.3. The number of halogens is 1. The summed E-state index contributed by atoms with van der Waals surface area (Å²) in [6.07, 6.45) is 0. The van der Waals surface area contributed by atoms with Crippen molar-refractivity contribution in [1.29, 1.82) is 0 Å². The zero-order valence-corrected chi connectivity index (χ0v) is 13.6. The summed E-state index contributed by atoms with van der Waals surface area (Å²) >= 11 is 6.05. The lowest BCUT2D eigenvalue weighted by Crippen LogP contribution is -2.23. The Morgan fingerprint density at radius 1 is 1.09 bits per heavy atom. The van der Waals surface area contributed by atoms with Gasteiger partial charge in [0.1, 0.15) is 5.60 Å². The second-order valence-electron chi connectivity index (χ2n) is 6.09. The van der Waals surface area contributed by atoms with E-state index in [0.29, 0.717) is 10.6 Å². The lowest BCUT2D eigenvalue weighted by Gasteiger charge is -2.19. The number of aliphatic hydroxyl groups excluding tert-OH is 1. The van der Waals surface area contributed by atoms with Gasteiger partial charge < -0.3 is 9.84 Å². The number of carbonyl (C=O) groups excluding carboxylic acids is 1. The largest absolute Gasteiger partial charge is 0.456 e. The van der Waals surface area contributed by atoms with E-state index in [4.69, 9.17) is 16.3 Å². The van der Waals surface area contributed by atoms with Gasteiger partial charge in [0.05, 0.1) is 12.2 Å². The molecule has 0 heterocycles. The van der Waals surface area contributed by atoms with Gasteiger partial charge in [-0.15, -0.1) is 0 Å². The first kappa shape index (κ1) is 16.5. The molecule has 22 heavy (non-hydrogen) atoms. The zero-order valence-electron chi connectivity index (χ0n) is 12.9. The molecule has 0 unspecified atom stereocenters. The van der Waals surface area contributed by atoms with Crippen molar-refractivity contribution in [3.63, 3.8) is 0 Å². The Balaban J connectivity index is 2.25. The number of ether oxygens (including phenoxy) is 1. The molecule has 3 nitrogen and oxygen atoms in total. The highest BCUT2D eigenvalue weighted by atomic mass is 35.5. The SMILES string of the molecule is CC(C)(C)OC(=O)c1ccc(-c2cc(Cl)cc(CO)c2)cc1. The summed E-state index contributed by atoms with van der Waals surface area (Å²) in [5.74, 6) is -0.346. The molecule has 0 amide bonds. The van der Waals surface area contributed by atoms with Crippen molar-refractivity contribution in [3.05, 3.63) is 58.6 Å². The van der Waals surface area contributed by atoms with Crippen LogP contribution in [0.5, 0.6) is 0 Å². The highest BCUT2D eigenvalue weighted by Gasteiger charge is 2.17. The Morgan fingerprint density at radius 2 is 1.73 bits per heavy atom. The summed E-state index contributed by atoms with van der Waals surface area (Å²) in [6, 6.07) is 12.5. The first-order valence-electron chi connectivity index (χ1n) is 7.02. The number of aliphatic hydroxyl groups is 1. The van der Waals surface area contributed by atoms with Crippen molar-refractivity contribution in [2.24, 2.45) is 0 Å². The molecule has 0 fully saturated rings. The fourth-order valence-electron chi connectivity index (χ4n) is 2.04. The van der Waals surface area contributed by atoms with E-state index in [1.807, 2.05) is 45.0 Å². The smallest absolute Gasteiger partial charge is 0.338 e. The predicted molar refractivity (Wildman–Crippen MR) is 88.0 cm³/mol. The van der Waals surface area contributed by atoms with Crippen LogP contribution in [0.15, 0.2) is 42.5 Å². The van der Waals surface area contributed by atoms with Crippen LogP contribution in [-0.4, -0.2) is 16.7 Å². The summed E-state index contributed by atoms with van der Waals surface area (Å²) in [7, 11) is 0. The van der Waals surface area contributed by atoms with Gasteiger partial charge in [0.25, 0.3) is 0 Å². The van der Waals surface area contributed by atoms with Gasteiger partial charge >= 0.3 is 5.97 Å². The van der Waals surface area contributed by atoms with Crippen LogP contribution in [0.3, 0.4) is 0 Å². The van der Waals surface area contributed by atoms with Gasteiger partial charge in [-0.3, -0.25) is 0 Å². The Hall–Kier alpha value is -1.84. The molecule has 2 aromatic carbocycles. The molecule has 0 aliphatic heterocycles. The molecule has 0 atom stereocenters. The molecule has 0 spiro atoms. The Kier molecular flexibility index (Phi) is 4.89. The van der Waals surface area contributed by atoms with Crippen molar-refractivity contribution in [3.8, 4) is 11.1 Å². The fourth-order valence-corrected chi connectivity index (χ4v) is 2.30. The molecule has 0 aliphatic carbocycles. The van der Waals surface area contributed by atoms with Crippen molar-refractivity contribution in [1.82, 2.24) is 0 Å². The van der Waals surface area contributed by atoms with E-state index in [9.17, 15) is 9.90 Å². The topological polar surface area (TPSA) is 46.5 Å². The van der Waals surface area contributed by atoms with Crippen LogP contribution in [0.1, 0.15) is 36.7 Å². The minimum atomic E-state index is -0.515. The Bertz CT molecular complexity index is 670. The molecule has 0 bridgehead atoms. The minimum absolute atomic E-state index is 0.0659. The van der Waals surface area contributed by atoms with Crippen molar-refractivity contribution >= 4 is 17.6 Å². The average molecular weight is 319 g/mol. The lowest BCUT2D eigenvalue weighted by atomic mass is 10.0. The molecular weight excluding hydrogens is 300 g/mol. The molecule has 116 valence electrons. The molecule has 4 heteroatoms. The third-order valence-electron chi connectivity index (χ3n) is 2.99. The maximum atomic E-state index is 12.0. The van der Waals surface area contributed by atoms with Gasteiger partial charge in [0.15, 0.2) is 0 Å². The van der Waals surface area contributed by atoms with E-state index >= 15 is 0 Å². The molecule has 0 saturated heterocycles. The van der Waals surface area contributed by atoms with E-state index in [-0.39, 0.29) is 12.6 Å². The van der Waals surface area contributed by atoms with Crippen molar-refractivity contribution < 1.29 is 14.6 Å². The van der Waals surface area contributed by atoms with Gasteiger partial charge in [-0.1, -0.05) is 23.7 Å². The highest BCUT2D eigenvalue weighted by molar-refractivity contribution is 6.31. The Morgan fingerprint density at radius 3 is 2.27 bits per heavy atom. The standard InChI is InChI=1S/C18H19ClO3/c1-18(2,3)22-17(21)14-6-4-13(5-7-14)15-8-12(11-20)9-16(19)10-15/h4-10,20H,11H2,1-3H3. The van der Waals surface area contributed by atoms with Crippen LogP contribution in [0, 0.1) is 0 Å². The number of hydrogen-bond donors (Lipinski definition) is 1. The van der Waals surface area contributed by atoms with E-state index in [0.717, 1.165) is 16.7 Å². The third-order valence-corrected chi connectivity index (χ3v) is 3.21. The number of esters is 1. The first-order valence-corrected chi connectivity index (χ1v) is 7.40. The summed E-state index contributed by atoms with van der Waals surface area (Å²) in [6.45, 7) is 5.44. The number of benzene rings is 2. The number of hydrogen-bond acceptors (Lipinski definition) is 3. The van der Waals surface area contributed by atoms with Gasteiger partial charge in [-0.05, 0) is 67.8 Å². The van der Waals surface area contributed by atoms with Gasteiger partial charge in [-0.25, -0.2) is 4.79 Å². The average Bonchev–Trinajstić information content (AvgIpc) is 2.45. The van der Waals surface area contributed by atoms with Crippen molar-refractivity contribution in [2.45, 2.75) is 33.0 Å². The van der Waals surface area contributed by atoms with Gasteiger partial charge in [-0.2, -0.15) is 0 Å². The molecule has 0 saturated carbocycles. The lowest BCUT2D eigenvalue weighted by molar-refractivity contribution is 0.00696. The predicted octanol–water partition coefficient (Wildman–Crippen LogP) is 4.45. The van der Waals surface area contributed by atoms with E-state index in [1.165, 1.54) is 0 Å². The van der Waals surface area contributed by atoms with Gasteiger partial charge in [0.2, 0.25) is 0 Å². The summed E-state index contributed by atoms with van der Waals surface area (Å²) in [5, 5.41) is 9.81. The second-order valence-corrected chi connectivity index (χ2v) is 6.52. The van der Waals surface area contributed by atoms with Crippen LogP contribution in [0.2, 0.25) is 5.02 Å². The van der Waals surface area contributed by atoms with Crippen molar-refractivity contribution in [2.75, 3.05) is 0 Å². The molecule has 2 aromatic rings. The van der Waals surface area contributed by atoms with Gasteiger partial charge in [0, 0.05) is 5.02 Å². The summed E-state index contributed by atoms with van der Waals surface area (Å²) < 4.78 is 5.33. The normalized spacial score (nSPS) is 11.3. The second kappa shape index (κ2) is 6.51. The highest BCUT2D eigenvalue weighted by Crippen LogP contribution is 2.25. The summed E-state index contributed by atoms with van der Waals surface area (Å²) in [5.41, 5.74) is 2.55. The van der Waals surface area contributed by atoms with Crippen LogP contribution in [0.4, 0.5) is 0 Å². The maximum Gasteiger partial charge on any atom is 0.338 e. The fraction of sp³-hybridized carbons (Fsp3) is 0.278. The molecule has 2 rings (SSSR count). The monoisotopic (exact) mass is 318 g/mol. The Labute approximate surface area is 135 Å². The summed E-state index contributed by atoms with van der Waals surface area (Å²) in [4.78, 5) is 12.0. The van der Waals surface area contributed by atoms with E-state index in [1.54, 1.807) is 18.2 Å². The maximum absolute atomic E-state index is 12.0. The first-order chi connectivity index (χ1) is 10.3. The molecule has 0 aliphatic rings. The molecular formula is C18H19ClO3. The van der Waals surface area contributed by atoms with E-state index < -0.39 is 5.60 Å². The van der Waals surface area contributed by atoms with Crippen LogP contribution >= 0.6 is 11.6 Å². The molecule has 1 N–H and O–H groups in total.